The summed E-state index contributed by atoms with van der Waals surface area (Å²) in [6.07, 6.45) is 2.80. The molecule has 2 aliphatic rings. The SMILES string of the molecule is CC(C)CNC(=O)N1CCCC(C(=O)N2CCC(CN)C2)C1. The van der Waals surface area contributed by atoms with E-state index in [-0.39, 0.29) is 17.9 Å². The molecule has 22 heavy (non-hydrogen) atoms. The van der Waals surface area contributed by atoms with Gasteiger partial charge in [0, 0.05) is 32.7 Å². The van der Waals surface area contributed by atoms with Crippen molar-refractivity contribution in [2.75, 3.05) is 39.3 Å². The third-order valence-electron chi connectivity index (χ3n) is 4.65. The van der Waals surface area contributed by atoms with E-state index >= 15 is 0 Å². The van der Waals surface area contributed by atoms with Crippen LogP contribution < -0.4 is 11.1 Å². The quantitative estimate of drug-likeness (QED) is 0.809. The number of hydrogen-bond donors (Lipinski definition) is 2. The number of carbonyl (C=O) groups is 2. The van der Waals surface area contributed by atoms with Gasteiger partial charge in [0.05, 0.1) is 5.92 Å². The van der Waals surface area contributed by atoms with E-state index in [2.05, 4.69) is 19.2 Å². The number of carbonyl (C=O) groups excluding carboxylic acids is 2. The lowest BCUT2D eigenvalue weighted by Gasteiger charge is -2.34. The third kappa shape index (κ3) is 4.35. The van der Waals surface area contributed by atoms with Crippen LogP contribution in [0.4, 0.5) is 4.79 Å². The second-order valence-corrected chi connectivity index (χ2v) is 7.04. The van der Waals surface area contributed by atoms with E-state index in [0.717, 1.165) is 38.9 Å². The van der Waals surface area contributed by atoms with Gasteiger partial charge in [-0.05, 0) is 37.6 Å². The molecule has 0 saturated carbocycles. The van der Waals surface area contributed by atoms with E-state index in [9.17, 15) is 9.59 Å². The maximum absolute atomic E-state index is 12.6. The molecule has 0 aromatic carbocycles. The number of amides is 3. The molecular formula is C16H30N4O2. The number of nitrogens with one attached hydrogen (secondary N) is 1. The van der Waals surface area contributed by atoms with Crippen LogP contribution in [0.25, 0.3) is 0 Å². The van der Waals surface area contributed by atoms with Gasteiger partial charge in [0.2, 0.25) is 5.91 Å². The van der Waals surface area contributed by atoms with Gasteiger partial charge in [0.25, 0.3) is 0 Å². The van der Waals surface area contributed by atoms with E-state index in [1.807, 2.05) is 4.90 Å². The van der Waals surface area contributed by atoms with Crippen molar-refractivity contribution in [2.24, 2.45) is 23.5 Å². The van der Waals surface area contributed by atoms with Gasteiger partial charge in [-0.1, -0.05) is 13.8 Å². The Hall–Kier alpha value is -1.30. The van der Waals surface area contributed by atoms with Gasteiger partial charge < -0.3 is 20.9 Å². The fourth-order valence-corrected chi connectivity index (χ4v) is 3.25. The number of piperidine rings is 1. The van der Waals surface area contributed by atoms with E-state index in [1.165, 1.54) is 0 Å². The molecule has 0 spiro atoms. The molecule has 126 valence electrons. The number of nitrogens with two attached hydrogens (primary N) is 1. The number of hydrogen-bond acceptors (Lipinski definition) is 3. The number of nitrogens with zero attached hydrogens (tertiary/aromatic N) is 2. The lowest BCUT2D eigenvalue weighted by atomic mass is 9.97. The second-order valence-electron chi connectivity index (χ2n) is 7.04. The van der Waals surface area contributed by atoms with E-state index in [0.29, 0.717) is 31.5 Å². The second kappa shape index (κ2) is 7.81. The molecule has 0 aliphatic carbocycles. The Bertz CT molecular complexity index is 400. The molecule has 0 aromatic heterocycles. The number of rotatable bonds is 4. The number of likely N-dealkylation sites (tertiary alicyclic amines) is 2. The predicted octanol–water partition coefficient (Wildman–Crippen LogP) is 0.871. The molecule has 2 heterocycles. The fraction of sp³-hybridized carbons (Fsp3) is 0.875. The summed E-state index contributed by atoms with van der Waals surface area (Å²) < 4.78 is 0. The maximum Gasteiger partial charge on any atom is 0.317 e. The Morgan fingerprint density at radius 3 is 2.59 bits per heavy atom. The Kier molecular flexibility index (Phi) is 6.06. The highest BCUT2D eigenvalue weighted by molar-refractivity contribution is 5.81. The topological polar surface area (TPSA) is 78.7 Å². The van der Waals surface area contributed by atoms with Crippen LogP contribution in [-0.4, -0.2) is 61.0 Å². The molecule has 2 rings (SSSR count). The van der Waals surface area contributed by atoms with Gasteiger partial charge >= 0.3 is 6.03 Å². The first kappa shape index (κ1) is 17.1. The Balaban J connectivity index is 1.85. The molecule has 3 amide bonds. The summed E-state index contributed by atoms with van der Waals surface area (Å²) in [6.45, 7) is 8.37. The van der Waals surface area contributed by atoms with Crippen LogP contribution in [0.3, 0.4) is 0 Å². The molecule has 2 atom stereocenters. The minimum atomic E-state index is -0.0462. The summed E-state index contributed by atoms with van der Waals surface area (Å²) >= 11 is 0. The van der Waals surface area contributed by atoms with Gasteiger partial charge in [0.1, 0.15) is 0 Å². The van der Waals surface area contributed by atoms with Crippen LogP contribution in [0, 0.1) is 17.8 Å². The highest BCUT2D eigenvalue weighted by atomic mass is 16.2. The smallest absolute Gasteiger partial charge is 0.317 e. The van der Waals surface area contributed by atoms with Gasteiger partial charge in [-0.3, -0.25) is 4.79 Å². The van der Waals surface area contributed by atoms with Gasteiger partial charge in [-0.25, -0.2) is 4.79 Å². The first-order valence-electron chi connectivity index (χ1n) is 8.53. The van der Waals surface area contributed by atoms with Crippen molar-refractivity contribution in [1.82, 2.24) is 15.1 Å². The standard InChI is InChI=1S/C16H30N4O2/c1-12(2)9-18-16(22)20-6-3-4-14(11-20)15(21)19-7-5-13(8-17)10-19/h12-14H,3-11,17H2,1-2H3,(H,18,22). The van der Waals surface area contributed by atoms with Crippen LogP contribution in [0.5, 0.6) is 0 Å². The molecule has 0 aromatic rings. The van der Waals surface area contributed by atoms with Crippen molar-refractivity contribution in [3.8, 4) is 0 Å². The largest absolute Gasteiger partial charge is 0.342 e. The van der Waals surface area contributed by atoms with Crippen molar-refractivity contribution in [3.05, 3.63) is 0 Å². The van der Waals surface area contributed by atoms with Crippen LogP contribution in [0.1, 0.15) is 33.1 Å². The van der Waals surface area contributed by atoms with Crippen molar-refractivity contribution in [1.29, 1.82) is 0 Å². The minimum absolute atomic E-state index is 0.0348. The first-order chi connectivity index (χ1) is 10.5. The summed E-state index contributed by atoms with van der Waals surface area (Å²) in [7, 11) is 0. The predicted molar refractivity (Wildman–Crippen MR) is 86.3 cm³/mol. The van der Waals surface area contributed by atoms with Crippen LogP contribution in [0.15, 0.2) is 0 Å². The molecule has 6 nitrogen and oxygen atoms in total. The van der Waals surface area contributed by atoms with Gasteiger partial charge in [-0.15, -0.1) is 0 Å². The molecule has 2 aliphatic heterocycles. The highest BCUT2D eigenvalue weighted by Gasteiger charge is 2.34. The lowest BCUT2D eigenvalue weighted by molar-refractivity contribution is -0.135. The Morgan fingerprint density at radius 2 is 1.95 bits per heavy atom. The zero-order valence-corrected chi connectivity index (χ0v) is 13.9. The van der Waals surface area contributed by atoms with Gasteiger partial charge in [-0.2, -0.15) is 0 Å². The van der Waals surface area contributed by atoms with Crippen molar-refractivity contribution >= 4 is 11.9 Å². The maximum atomic E-state index is 12.6. The van der Waals surface area contributed by atoms with E-state index in [4.69, 9.17) is 5.73 Å². The zero-order valence-electron chi connectivity index (χ0n) is 13.9. The molecule has 2 saturated heterocycles. The summed E-state index contributed by atoms with van der Waals surface area (Å²) in [5, 5.41) is 2.94. The fourth-order valence-electron chi connectivity index (χ4n) is 3.25. The summed E-state index contributed by atoms with van der Waals surface area (Å²) in [6, 6.07) is -0.0348. The molecule has 6 heteroatoms. The summed E-state index contributed by atoms with van der Waals surface area (Å²) in [4.78, 5) is 28.5. The van der Waals surface area contributed by atoms with E-state index < -0.39 is 0 Å². The van der Waals surface area contributed by atoms with E-state index in [1.54, 1.807) is 4.90 Å². The zero-order chi connectivity index (χ0) is 16.1. The molecule has 0 radical (unpaired) electrons. The van der Waals surface area contributed by atoms with Crippen LogP contribution in [-0.2, 0) is 4.79 Å². The van der Waals surface area contributed by atoms with Gasteiger partial charge in [0.15, 0.2) is 0 Å². The first-order valence-corrected chi connectivity index (χ1v) is 8.53. The van der Waals surface area contributed by atoms with Crippen LogP contribution >= 0.6 is 0 Å². The minimum Gasteiger partial charge on any atom is -0.342 e. The molecule has 2 unspecified atom stereocenters. The van der Waals surface area contributed by atoms with Crippen molar-refractivity contribution < 1.29 is 9.59 Å². The number of urea groups is 1. The Labute approximate surface area is 133 Å². The third-order valence-corrected chi connectivity index (χ3v) is 4.65. The normalized spacial score (nSPS) is 25.6. The highest BCUT2D eigenvalue weighted by Crippen LogP contribution is 2.23. The summed E-state index contributed by atoms with van der Waals surface area (Å²) in [5.74, 6) is 1.04. The van der Waals surface area contributed by atoms with Crippen molar-refractivity contribution in [2.45, 2.75) is 33.1 Å². The monoisotopic (exact) mass is 310 g/mol. The van der Waals surface area contributed by atoms with Crippen LogP contribution in [0.2, 0.25) is 0 Å². The average molecular weight is 310 g/mol. The Morgan fingerprint density at radius 1 is 1.18 bits per heavy atom. The molecule has 3 N–H and O–H groups in total. The van der Waals surface area contributed by atoms with Crippen molar-refractivity contribution in [3.63, 3.8) is 0 Å². The lowest BCUT2D eigenvalue weighted by Crippen LogP contribution is -2.49. The average Bonchev–Trinajstić information content (AvgIpc) is 3.01. The summed E-state index contributed by atoms with van der Waals surface area (Å²) in [5.41, 5.74) is 5.69. The molecular weight excluding hydrogens is 280 g/mol. The molecule has 2 fully saturated rings. The molecule has 0 bridgehead atoms.